The van der Waals surface area contributed by atoms with E-state index in [1.807, 2.05) is 13.8 Å². The summed E-state index contributed by atoms with van der Waals surface area (Å²) in [5.74, 6) is 1.51. The molecule has 29 heavy (non-hydrogen) atoms. The van der Waals surface area contributed by atoms with Crippen LogP contribution < -0.4 is 10.0 Å². The third-order valence-electron chi connectivity index (χ3n) is 4.71. The quantitative estimate of drug-likeness (QED) is 0.607. The topological polar surface area (TPSA) is 117 Å². The van der Waals surface area contributed by atoms with E-state index in [0.717, 1.165) is 0 Å². The number of aryl methyl sites for hydroxylation is 1. The Hall–Kier alpha value is -1.98. The second kappa shape index (κ2) is 9.68. The Morgan fingerprint density at radius 2 is 2.14 bits per heavy atom. The van der Waals surface area contributed by atoms with E-state index < -0.39 is 10.0 Å². The highest BCUT2D eigenvalue weighted by Gasteiger charge is 2.27. The van der Waals surface area contributed by atoms with Crippen molar-refractivity contribution in [3.8, 4) is 0 Å². The van der Waals surface area contributed by atoms with Crippen molar-refractivity contribution in [1.29, 1.82) is 0 Å². The Kier molecular flexibility index (Phi) is 7.25. The lowest BCUT2D eigenvalue weighted by atomic mass is 10.1. The molecule has 0 saturated carbocycles. The van der Waals surface area contributed by atoms with Crippen LogP contribution in [0.25, 0.3) is 0 Å². The normalized spacial score (nSPS) is 15.8. The molecule has 160 valence electrons. The number of carbonyl (C=O) groups is 1. The first-order valence-corrected chi connectivity index (χ1v) is 12.1. The standard InChI is InChI=1S/C18H27N5O4S2/c1-13(2)17-20-15(27-21-17)5-3-9-19-18(24)23-10-7-14(8-11-23)22-29(25,26)16-6-4-12-28-16/h4,6,12-14,22H,3,5,7-11H2,1-2H3,(H,19,24). The molecule has 2 aromatic rings. The van der Waals surface area contributed by atoms with Crippen molar-refractivity contribution in [1.82, 2.24) is 25.1 Å². The van der Waals surface area contributed by atoms with E-state index in [2.05, 4.69) is 20.2 Å². The van der Waals surface area contributed by atoms with Gasteiger partial charge in [0.05, 0.1) is 0 Å². The molecule has 0 aliphatic carbocycles. The third kappa shape index (κ3) is 6.00. The second-order valence-electron chi connectivity index (χ2n) is 7.35. The van der Waals surface area contributed by atoms with Crippen molar-refractivity contribution in [3.63, 3.8) is 0 Å². The van der Waals surface area contributed by atoms with Gasteiger partial charge in [-0.15, -0.1) is 11.3 Å². The summed E-state index contributed by atoms with van der Waals surface area (Å²) in [4.78, 5) is 18.3. The fraction of sp³-hybridized carbons (Fsp3) is 0.611. The van der Waals surface area contributed by atoms with Crippen LogP contribution in [0.5, 0.6) is 0 Å². The molecular formula is C18H27N5O4S2. The van der Waals surface area contributed by atoms with Crippen LogP contribution in [0, 0.1) is 0 Å². The molecule has 2 aromatic heterocycles. The molecule has 1 saturated heterocycles. The van der Waals surface area contributed by atoms with Gasteiger partial charge in [-0.25, -0.2) is 17.9 Å². The van der Waals surface area contributed by atoms with Crippen LogP contribution in [0.1, 0.15) is 50.7 Å². The maximum atomic E-state index is 12.3. The lowest BCUT2D eigenvalue weighted by Gasteiger charge is -2.32. The maximum absolute atomic E-state index is 12.3. The highest BCUT2D eigenvalue weighted by molar-refractivity contribution is 7.91. The van der Waals surface area contributed by atoms with E-state index in [0.29, 0.717) is 61.2 Å². The molecule has 1 fully saturated rings. The van der Waals surface area contributed by atoms with Crippen LogP contribution >= 0.6 is 11.3 Å². The molecule has 2 amide bonds. The Balaban J connectivity index is 1.35. The van der Waals surface area contributed by atoms with Crippen LogP contribution in [-0.4, -0.2) is 55.2 Å². The zero-order valence-corrected chi connectivity index (χ0v) is 18.3. The molecule has 3 heterocycles. The Morgan fingerprint density at radius 3 is 2.76 bits per heavy atom. The molecule has 1 aliphatic heterocycles. The second-order valence-corrected chi connectivity index (χ2v) is 10.2. The van der Waals surface area contributed by atoms with Gasteiger partial charge in [0, 0.05) is 38.0 Å². The predicted octanol–water partition coefficient (Wildman–Crippen LogP) is 2.34. The summed E-state index contributed by atoms with van der Waals surface area (Å²) in [6.45, 7) is 5.56. The molecule has 0 aromatic carbocycles. The van der Waals surface area contributed by atoms with Crippen LogP contribution in [-0.2, 0) is 16.4 Å². The fourth-order valence-corrected chi connectivity index (χ4v) is 5.36. The number of urea groups is 1. The lowest BCUT2D eigenvalue weighted by Crippen LogP contribution is -2.49. The highest BCUT2D eigenvalue weighted by Crippen LogP contribution is 2.19. The predicted molar refractivity (Wildman–Crippen MR) is 109 cm³/mol. The largest absolute Gasteiger partial charge is 0.339 e. The van der Waals surface area contributed by atoms with E-state index in [1.165, 1.54) is 11.3 Å². The number of hydrogen-bond donors (Lipinski definition) is 2. The number of likely N-dealkylation sites (tertiary alicyclic amines) is 1. The molecule has 0 bridgehead atoms. The number of aromatic nitrogens is 2. The van der Waals surface area contributed by atoms with E-state index in [9.17, 15) is 13.2 Å². The Morgan fingerprint density at radius 1 is 1.38 bits per heavy atom. The minimum atomic E-state index is -3.47. The summed E-state index contributed by atoms with van der Waals surface area (Å²) < 4.78 is 32.8. The van der Waals surface area contributed by atoms with E-state index in [-0.39, 0.29) is 18.0 Å². The van der Waals surface area contributed by atoms with Crippen LogP contribution in [0.3, 0.4) is 0 Å². The molecule has 9 nitrogen and oxygen atoms in total. The molecule has 0 spiro atoms. The molecule has 11 heteroatoms. The number of sulfonamides is 1. The smallest absolute Gasteiger partial charge is 0.317 e. The first-order valence-electron chi connectivity index (χ1n) is 9.76. The molecule has 0 radical (unpaired) electrons. The average molecular weight is 442 g/mol. The van der Waals surface area contributed by atoms with Gasteiger partial charge in [0.2, 0.25) is 15.9 Å². The van der Waals surface area contributed by atoms with Gasteiger partial charge in [-0.2, -0.15) is 4.98 Å². The number of piperidine rings is 1. The number of carbonyl (C=O) groups excluding carboxylic acids is 1. The lowest BCUT2D eigenvalue weighted by molar-refractivity contribution is 0.180. The maximum Gasteiger partial charge on any atom is 0.317 e. The monoisotopic (exact) mass is 441 g/mol. The van der Waals surface area contributed by atoms with Gasteiger partial charge in [0.25, 0.3) is 0 Å². The first-order chi connectivity index (χ1) is 13.8. The third-order valence-corrected chi connectivity index (χ3v) is 7.63. The molecular weight excluding hydrogens is 414 g/mol. The van der Waals surface area contributed by atoms with E-state index >= 15 is 0 Å². The van der Waals surface area contributed by atoms with Gasteiger partial charge in [-0.3, -0.25) is 0 Å². The highest BCUT2D eigenvalue weighted by atomic mass is 32.2. The average Bonchev–Trinajstić information content (AvgIpc) is 3.37. The van der Waals surface area contributed by atoms with Crippen LogP contribution in [0.15, 0.2) is 26.2 Å². The Labute approximate surface area is 174 Å². The fourth-order valence-electron chi connectivity index (χ4n) is 3.05. The molecule has 0 atom stereocenters. The summed E-state index contributed by atoms with van der Waals surface area (Å²) in [6, 6.07) is 3.03. The number of rotatable bonds is 8. The van der Waals surface area contributed by atoms with E-state index in [4.69, 9.17) is 4.52 Å². The van der Waals surface area contributed by atoms with E-state index in [1.54, 1.807) is 22.4 Å². The molecule has 3 rings (SSSR count). The van der Waals surface area contributed by atoms with Crippen LogP contribution in [0.4, 0.5) is 4.79 Å². The van der Waals surface area contributed by atoms with Crippen molar-refractivity contribution < 1.29 is 17.7 Å². The van der Waals surface area contributed by atoms with Crippen LogP contribution in [0.2, 0.25) is 0 Å². The van der Waals surface area contributed by atoms with Crippen molar-refractivity contribution in [2.24, 2.45) is 0 Å². The van der Waals surface area contributed by atoms with Gasteiger partial charge in [-0.05, 0) is 30.7 Å². The van der Waals surface area contributed by atoms with Gasteiger partial charge in [0.15, 0.2) is 5.82 Å². The summed E-state index contributed by atoms with van der Waals surface area (Å²) in [7, 11) is -3.47. The van der Waals surface area contributed by atoms with Crippen molar-refractivity contribution in [3.05, 3.63) is 29.2 Å². The summed E-state index contributed by atoms with van der Waals surface area (Å²) in [5, 5.41) is 8.56. The summed E-state index contributed by atoms with van der Waals surface area (Å²) >= 11 is 1.20. The van der Waals surface area contributed by atoms with Crippen molar-refractivity contribution >= 4 is 27.4 Å². The molecule has 2 N–H and O–H groups in total. The summed E-state index contributed by atoms with van der Waals surface area (Å²) in [5.41, 5.74) is 0. The van der Waals surface area contributed by atoms with Gasteiger partial charge in [-0.1, -0.05) is 25.1 Å². The van der Waals surface area contributed by atoms with Crippen molar-refractivity contribution in [2.45, 2.75) is 55.7 Å². The first kappa shape index (κ1) is 21.7. The van der Waals surface area contributed by atoms with Gasteiger partial charge < -0.3 is 14.7 Å². The van der Waals surface area contributed by atoms with Gasteiger partial charge in [0.1, 0.15) is 4.21 Å². The number of amides is 2. The zero-order chi connectivity index (χ0) is 20.9. The number of nitrogens with one attached hydrogen (secondary N) is 2. The van der Waals surface area contributed by atoms with Gasteiger partial charge >= 0.3 is 6.03 Å². The molecule has 1 aliphatic rings. The molecule has 0 unspecified atom stereocenters. The minimum Gasteiger partial charge on any atom is -0.339 e. The zero-order valence-electron chi connectivity index (χ0n) is 16.6. The number of thiophene rings is 1. The Bertz CT molecular complexity index is 887. The number of nitrogens with zero attached hydrogens (tertiary/aromatic N) is 3. The summed E-state index contributed by atoms with van der Waals surface area (Å²) in [6.07, 6.45) is 2.52. The van der Waals surface area contributed by atoms with Crippen molar-refractivity contribution in [2.75, 3.05) is 19.6 Å². The SMILES string of the molecule is CC(C)c1noc(CCCNC(=O)N2CCC(NS(=O)(=O)c3cccs3)CC2)n1. The minimum absolute atomic E-state index is 0.127. The number of hydrogen-bond acceptors (Lipinski definition) is 7.